The molecule has 2 rings (SSSR count). The Kier molecular flexibility index (Phi) is 4.94. The Hall–Kier alpha value is -0.930. The monoisotopic (exact) mass is 264 g/mol. The zero-order chi connectivity index (χ0) is 13.8. The highest BCUT2D eigenvalue weighted by Gasteiger charge is 2.20. The van der Waals surface area contributed by atoms with E-state index in [1.54, 1.807) is 6.07 Å². The van der Waals surface area contributed by atoms with Crippen molar-refractivity contribution in [3.8, 4) is 0 Å². The van der Waals surface area contributed by atoms with E-state index in [9.17, 15) is 4.39 Å². The molecule has 1 saturated heterocycles. The molecular formula is C16H25FN2. The van der Waals surface area contributed by atoms with Gasteiger partial charge in [-0.3, -0.25) is 0 Å². The summed E-state index contributed by atoms with van der Waals surface area (Å²) in [4.78, 5) is 2.53. The fourth-order valence-corrected chi connectivity index (χ4v) is 2.70. The van der Waals surface area contributed by atoms with Gasteiger partial charge in [-0.1, -0.05) is 12.1 Å². The summed E-state index contributed by atoms with van der Waals surface area (Å²) in [5.41, 5.74) is 1.90. The van der Waals surface area contributed by atoms with Gasteiger partial charge in [0.2, 0.25) is 0 Å². The third kappa shape index (κ3) is 4.02. The lowest BCUT2D eigenvalue weighted by molar-refractivity contribution is 0.161. The molecule has 0 spiro atoms. The first-order valence-corrected chi connectivity index (χ1v) is 7.28. The van der Waals surface area contributed by atoms with Crippen LogP contribution >= 0.6 is 0 Å². The maximum absolute atomic E-state index is 13.2. The molecule has 0 bridgehead atoms. The first kappa shape index (κ1) is 14.5. The fourth-order valence-electron chi connectivity index (χ4n) is 2.70. The number of benzene rings is 1. The van der Waals surface area contributed by atoms with Gasteiger partial charge in [0.15, 0.2) is 0 Å². The summed E-state index contributed by atoms with van der Waals surface area (Å²) in [6.07, 6.45) is 2.41. The molecule has 106 valence electrons. The molecule has 0 aromatic heterocycles. The van der Waals surface area contributed by atoms with Crippen LogP contribution in [-0.4, -0.2) is 30.1 Å². The number of halogens is 1. The van der Waals surface area contributed by atoms with Crippen LogP contribution in [-0.2, 0) is 6.54 Å². The van der Waals surface area contributed by atoms with E-state index in [-0.39, 0.29) is 5.82 Å². The zero-order valence-electron chi connectivity index (χ0n) is 12.2. The van der Waals surface area contributed by atoms with Crippen molar-refractivity contribution in [2.45, 2.75) is 52.2 Å². The van der Waals surface area contributed by atoms with Gasteiger partial charge in [-0.2, -0.15) is 0 Å². The summed E-state index contributed by atoms with van der Waals surface area (Å²) in [5.74, 6) is -0.117. The van der Waals surface area contributed by atoms with Gasteiger partial charge in [0.05, 0.1) is 0 Å². The molecule has 1 aromatic rings. The van der Waals surface area contributed by atoms with Crippen molar-refractivity contribution in [1.82, 2.24) is 10.2 Å². The van der Waals surface area contributed by atoms with Crippen molar-refractivity contribution in [1.29, 1.82) is 0 Å². The minimum absolute atomic E-state index is 0.117. The SMILES string of the molecule is Cc1cc(CNC2CCN(C(C)C)CC2)ccc1F. The van der Waals surface area contributed by atoms with Crippen molar-refractivity contribution in [2.24, 2.45) is 0 Å². The summed E-state index contributed by atoms with van der Waals surface area (Å²) >= 11 is 0. The number of hydrogen-bond donors (Lipinski definition) is 1. The maximum Gasteiger partial charge on any atom is 0.126 e. The number of piperidine rings is 1. The molecule has 1 fully saturated rings. The molecule has 0 saturated carbocycles. The minimum atomic E-state index is -0.117. The van der Waals surface area contributed by atoms with E-state index in [1.807, 2.05) is 19.1 Å². The van der Waals surface area contributed by atoms with Crippen LogP contribution in [0.1, 0.15) is 37.8 Å². The van der Waals surface area contributed by atoms with Gasteiger partial charge in [-0.15, -0.1) is 0 Å². The van der Waals surface area contributed by atoms with Crippen LogP contribution in [0.15, 0.2) is 18.2 Å². The molecule has 1 aliphatic rings. The van der Waals surface area contributed by atoms with Crippen molar-refractivity contribution in [3.05, 3.63) is 35.1 Å². The van der Waals surface area contributed by atoms with Crippen LogP contribution in [0.5, 0.6) is 0 Å². The van der Waals surface area contributed by atoms with Gasteiger partial charge >= 0.3 is 0 Å². The zero-order valence-corrected chi connectivity index (χ0v) is 12.2. The standard InChI is InChI=1S/C16H25FN2/c1-12(2)19-8-6-15(7-9-19)18-11-14-4-5-16(17)13(3)10-14/h4-5,10,12,15,18H,6-9,11H2,1-3H3. The van der Waals surface area contributed by atoms with E-state index in [0.717, 1.165) is 12.1 Å². The molecular weight excluding hydrogens is 239 g/mol. The number of hydrogen-bond acceptors (Lipinski definition) is 2. The second-order valence-corrected chi connectivity index (χ2v) is 5.87. The first-order valence-electron chi connectivity index (χ1n) is 7.28. The molecule has 19 heavy (non-hydrogen) atoms. The lowest BCUT2D eigenvalue weighted by Gasteiger charge is -2.35. The highest BCUT2D eigenvalue weighted by Crippen LogP contribution is 2.14. The number of aryl methyl sites for hydroxylation is 1. The number of rotatable bonds is 4. The second-order valence-electron chi connectivity index (χ2n) is 5.87. The molecule has 1 aliphatic heterocycles. The minimum Gasteiger partial charge on any atom is -0.310 e. The Morgan fingerprint density at radius 3 is 2.58 bits per heavy atom. The molecule has 0 atom stereocenters. The van der Waals surface area contributed by atoms with Gasteiger partial charge in [0, 0.05) is 18.6 Å². The van der Waals surface area contributed by atoms with Crippen LogP contribution in [0, 0.1) is 12.7 Å². The molecule has 1 N–H and O–H groups in total. The van der Waals surface area contributed by atoms with Crippen molar-refractivity contribution in [2.75, 3.05) is 13.1 Å². The van der Waals surface area contributed by atoms with Crippen molar-refractivity contribution >= 4 is 0 Å². The lowest BCUT2D eigenvalue weighted by atomic mass is 10.0. The smallest absolute Gasteiger partial charge is 0.126 e. The molecule has 1 aromatic carbocycles. The Morgan fingerprint density at radius 2 is 2.00 bits per heavy atom. The highest BCUT2D eigenvalue weighted by molar-refractivity contribution is 5.23. The summed E-state index contributed by atoms with van der Waals surface area (Å²) in [6.45, 7) is 9.53. The second kappa shape index (κ2) is 6.49. The molecule has 0 aliphatic carbocycles. The third-order valence-corrected chi connectivity index (χ3v) is 4.08. The molecule has 1 heterocycles. The van der Waals surface area contributed by atoms with Gasteiger partial charge in [0.1, 0.15) is 5.82 Å². The van der Waals surface area contributed by atoms with E-state index < -0.39 is 0 Å². The normalized spacial score (nSPS) is 18.2. The lowest BCUT2D eigenvalue weighted by Crippen LogP contribution is -2.44. The van der Waals surface area contributed by atoms with Crippen molar-refractivity contribution < 1.29 is 4.39 Å². The molecule has 3 heteroatoms. The molecule has 0 radical (unpaired) electrons. The van der Waals surface area contributed by atoms with Crippen LogP contribution in [0.2, 0.25) is 0 Å². The predicted molar refractivity (Wildman–Crippen MR) is 77.7 cm³/mol. The average Bonchev–Trinajstić information content (AvgIpc) is 2.40. The van der Waals surface area contributed by atoms with Gasteiger partial charge in [-0.25, -0.2) is 4.39 Å². The van der Waals surface area contributed by atoms with E-state index in [1.165, 1.54) is 31.5 Å². The van der Waals surface area contributed by atoms with Gasteiger partial charge < -0.3 is 10.2 Å². The Balaban J connectivity index is 1.79. The number of nitrogens with one attached hydrogen (secondary N) is 1. The van der Waals surface area contributed by atoms with Crippen molar-refractivity contribution in [3.63, 3.8) is 0 Å². The maximum atomic E-state index is 13.2. The quantitative estimate of drug-likeness (QED) is 0.899. The topological polar surface area (TPSA) is 15.3 Å². The number of nitrogens with zero attached hydrogens (tertiary/aromatic N) is 1. The predicted octanol–water partition coefficient (Wildman–Crippen LogP) is 3.10. The number of likely N-dealkylation sites (tertiary alicyclic amines) is 1. The van der Waals surface area contributed by atoms with Gasteiger partial charge in [0.25, 0.3) is 0 Å². The molecule has 0 amide bonds. The van der Waals surface area contributed by atoms with E-state index in [2.05, 4.69) is 24.1 Å². The van der Waals surface area contributed by atoms with Crippen LogP contribution in [0.25, 0.3) is 0 Å². The Labute approximate surface area is 116 Å². The van der Waals surface area contributed by atoms with E-state index in [4.69, 9.17) is 0 Å². The Morgan fingerprint density at radius 1 is 1.32 bits per heavy atom. The van der Waals surface area contributed by atoms with Gasteiger partial charge in [-0.05, 0) is 63.9 Å². The third-order valence-electron chi connectivity index (χ3n) is 4.08. The van der Waals surface area contributed by atoms with Crippen LogP contribution < -0.4 is 5.32 Å². The highest BCUT2D eigenvalue weighted by atomic mass is 19.1. The van der Waals surface area contributed by atoms with E-state index >= 15 is 0 Å². The van der Waals surface area contributed by atoms with Crippen LogP contribution in [0.3, 0.4) is 0 Å². The van der Waals surface area contributed by atoms with Crippen LogP contribution in [0.4, 0.5) is 4.39 Å². The largest absolute Gasteiger partial charge is 0.310 e. The van der Waals surface area contributed by atoms with E-state index in [0.29, 0.717) is 12.1 Å². The summed E-state index contributed by atoms with van der Waals surface area (Å²) in [5, 5.41) is 3.59. The molecule has 2 nitrogen and oxygen atoms in total. The first-order chi connectivity index (χ1) is 9.06. The Bertz CT molecular complexity index is 409. The summed E-state index contributed by atoms with van der Waals surface area (Å²) in [6, 6.07) is 6.62. The fraction of sp³-hybridized carbons (Fsp3) is 0.625. The summed E-state index contributed by atoms with van der Waals surface area (Å²) in [7, 11) is 0. The average molecular weight is 264 g/mol. The summed E-state index contributed by atoms with van der Waals surface area (Å²) < 4.78 is 13.2. The molecule has 0 unspecified atom stereocenters.